The van der Waals surface area contributed by atoms with Crippen molar-refractivity contribution >= 4 is 18.0 Å². The maximum absolute atomic E-state index is 11.6. The fourth-order valence-corrected chi connectivity index (χ4v) is 1.78. The first-order valence-electron chi connectivity index (χ1n) is 6.40. The first kappa shape index (κ1) is 16.2. The van der Waals surface area contributed by atoms with Crippen molar-refractivity contribution < 1.29 is 24.2 Å². The van der Waals surface area contributed by atoms with Gasteiger partial charge >= 0.3 is 12.1 Å². The second kappa shape index (κ2) is 6.56. The average Bonchev–Trinajstić information content (AvgIpc) is 2.72. The number of aliphatic carboxylic acids is 1. The number of hydrogen-bond donors (Lipinski definition) is 4. The molecule has 0 aromatic rings. The number of carboxylic acids is 1. The molecule has 0 aromatic carbocycles. The largest absolute Gasteiger partial charge is 0.480 e. The minimum atomic E-state index is -0.936. The average molecular weight is 287 g/mol. The van der Waals surface area contributed by atoms with Crippen molar-refractivity contribution in [3.63, 3.8) is 0 Å². The van der Waals surface area contributed by atoms with Crippen LogP contribution in [0.25, 0.3) is 0 Å². The lowest BCUT2D eigenvalue weighted by Gasteiger charge is -2.19. The third kappa shape index (κ3) is 5.87. The van der Waals surface area contributed by atoms with E-state index in [1.54, 1.807) is 20.8 Å². The van der Waals surface area contributed by atoms with E-state index in [9.17, 15) is 14.4 Å². The van der Waals surface area contributed by atoms with Crippen molar-refractivity contribution in [1.29, 1.82) is 0 Å². The molecule has 0 bridgehead atoms. The van der Waals surface area contributed by atoms with Gasteiger partial charge in [-0.3, -0.25) is 9.59 Å². The van der Waals surface area contributed by atoms with Crippen LogP contribution in [0.2, 0.25) is 0 Å². The number of rotatable bonds is 4. The van der Waals surface area contributed by atoms with Gasteiger partial charge in [0, 0.05) is 12.6 Å². The van der Waals surface area contributed by atoms with Gasteiger partial charge < -0.3 is 25.8 Å². The summed E-state index contributed by atoms with van der Waals surface area (Å²) in [6, 6.07) is -0.886. The van der Waals surface area contributed by atoms with Gasteiger partial charge in [0.1, 0.15) is 18.2 Å². The van der Waals surface area contributed by atoms with E-state index in [0.717, 1.165) is 0 Å². The first-order chi connectivity index (χ1) is 9.17. The maximum Gasteiger partial charge on any atom is 0.408 e. The number of ether oxygens (including phenoxy) is 1. The van der Waals surface area contributed by atoms with Crippen LogP contribution < -0.4 is 16.0 Å². The molecule has 1 aliphatic rings. The molecule has 0 aliphatic carbocycles. The summed E-state index contributed by atoms with van der Waals surface area (Å²) in [7, 11) is 0. The van der Waals surface area contributed by atoms with Crippen molar-refractivity contribution in [3.8, 4) is 0 Å². The molecular formula is C12H21N3O5. The van der Waals surface area contributed by atoms with Crippen LogP contribution in [0.1, 0.15) is 27.2 Å². The van der Waals surface area contributed by atoms with E-state index < -0.39 is 23.7 Å². The van der Waals surface area contributed by atoms with E-state index in [4.69, 9.17) is 9.84 Å². The predicted molar refractivity (Wildman–Crippen MR) is 70.2 cm³/mol. The van der Waals surface area contributed by atoms with Crippen LogP contribution in [0.4, 0.5) is 4.79 Å². The molecule has 1 saturated heterocycles. The Kier molecular flexibility index (Phi) is 5.32. The second-order valence-corrected chi connectivity index (χ2v) is 5.65. The van der Waals surface area contributed by atoms with E-state index in [1.807, 2.05) is 0 Å². The number of alkyl carbamates (subject to hydrolysis) is 1. The van der Waals surface area contributed by atoms with E-state index >= 15 is 0 Å². The number of carbonyl (C=O) groups excluding carboxylic acids is 2. The SMILES string of the molecule is CC(C)(C)OC(=O)NCC(=O)NC1CNC(C(=O)O)C1. The Hall–Kier alpha value is -1.83. The van der Waals surface area contributed by atoms with Crippen molar-refractivity contribution in [2.24, 2.45) is 0 Å². The Morgan fingerprint density at radius 1 is 1.35 bits per heavy atom. The zero-order valence-corrected chi connectivity index (χ0v) is 11.9. The molecule has 20 heavy (non-hydrogen) atoms. The van der Waals surface area contributed by atoms with Crippen molar-refractivity contribution in [1.82, 2.24) is 16.0 Å². The van der Waals surface area contributed by atoms with Crippen molar-refractivity contribution in [3.05, 3.63) is 0 Å². The van der Waals surface area contributed by atoms with E-state index in [1.165, 1.54) is 0 Å². The molecule has 2 amide bonds. The maximum atomic E-state index is 11.6. The van der Waals surface area contributed by atoms with Gasteiger partial charge in [-0.15, -0.1) is 0 Å². The predicted octanol–water partition coefficient (Wildman–Crippen LogP) is -0.558. The van der Waals surface area contributed by atoms with Crippen LogP contribution >= 0.6 is 0 Å². The van der Waals surface area contributed by atoms with Crippen LogP contribution in [0.3, 0.4) is 0 Å². The number of amides is 2. The lowest BCUT2D eigenvalue weighted by Crippen LogP contribution is -2.43. The molecule has 1 heterocycles. The summed E-state index contributed by atoms with van der Waals surface area (Å²) in [5.74, 6) is -1.32. The van der Waals surface area contributed by atoms with Gasteiger partial charge in [0.25, 0.3) is 0 Å². The standard InChI is InChI=1S/C12H21N3O5/c1-12(2,3)20-11(19)14-6-9(16)15-7-4-8(10(17)18)13-5-7/h7-8,13H,4-6H2,1-3H3,(H,14,19)(H,15,16)(H,17,18). The highest BCUT2D eigenvalue weighted by atomic mass is 16.6. The molecule has 2 atom stereocenters. The summed E-state index contributed by atoms with van der Waals surface area (Å²) in [6.45, 7) is 5.37. The lowest BCUT2D eigenvalue weighted by molar-refractivity contribution is -0.139. The van der Waals surface area contributed by atoms with Crippen LogP contribution in [0.15, 0.2) is 0 Å². The fraction of sp³-hybridized carbons (Fsp3) is 0.750. The summed E-state index contributed by atoms with van der Waals surface area (Å²) in [5, 5.41) is 16.6. The smallest absolute Gasteiger partial charge is 0.408 e. The van der Waals surface area contributed by atoms with Gasteiger partial charge in [-0.25, -0.2) is 4.79 Å². The van der Waals surface area contributed by atoms with Crippen LogP contribution in [-0.2, 0) is 14.3 Å². The quantitative estimate of drug-likeness (QED) is 0.551. The Bertz CT molecular complexity index is 391. The Morgan fingerprint density at radius 3 is 2.50 bits per heavy atom. The highest BCUT2D eigenvalue weighted by Gasteiger charge is 2.30. The second-order valence-electron chi connectivity index (χ2n) is 5.65. The fourth-order valence-electron chi connectivity index (χ4n) is 1.78. The van der Waals surface area contributed by atoms with E-state index in [2.05, 4.69) is 16.0 Å². The zero-order valence-electron chi connectivity index (χ0n) is 11.9. The third-order valence-electron chi connectivity index (χ3n) is 2.59. The molecule has 0 radical (unpaired) electrons. The summed E-state index contributed by atoms with van der Waals surface area (Å²) >= 11 is 0. The molecule has 2 unspecified atom stereocenters. The molecular weight excluding hydrogens is 266 g/mol. The normalized spacial score (nSPS) is 22.1. The molecule has 1 aliphatic heterocycles. The minimum absolute atomic E-state index is 0.205. The summed E-state index contributed by atoms with van der Waals surface area (Å²) < 4.78 is 4.99. The molecule has 8 nitrogen and oxygen atoms in total. The topological polar surface area (TPSA) is 117 Å². The molecule has 114 valence electrons. The van der Waals surface area contributed by atoms with E-state index in [0.29, 0.717) is 13.0 Å². The minimum Gasteiger partial charge on any atom is -0.480 e. The molecule has 1 rings (SSSR count). The molecule has 0 aromatic heterocycles. The van der Waals surface area contributed by atoms with Gasteiger partial charge in [0.05, 0.1) is 0 Å². The summed E-state index contributed by atoms with van der Waals surface area (Å²) in [4.78, 5) is 33.7. The summed E-state index contributed by atoms with van der Waals surface area (Å²) in [6.07, 6.45) is -0.339. The Morgan fingerprint density at radius 2 is 2.00 bits per heavy atom. The molecule has 4 N–H and O–H groups in total. The highest BCUT2D eigenvalue weighted by molar-refractivity contribution is 5.82. The van der Waals surface area contributed by atoms with Gasteiger partial charge in [-0.2, -0.15) is 0 Å². The molecule has 0 spiro atoms. The highest BCUT2D eigenvalue weighted by Crippen LogP contribution is 2.07. The Labute approximate surface area is 117 Å². The Balaban J connectivity index is 2.25. The summed E-state index contributed by atoms with van der Waals surface area (Å²) in [5.41, 5.74) is -0.620. The van der Waals surface area contributed by atoms with E-state index in [-0.39, 0.29) is 18.5 Å². The van der Waals surface area contributed by atoms with Crippen molar-refractivity contribution in [2.45, 2.75) is 44.9 Å². The lowest BCUT2D eigenvalue weighted by atomic mass is 10.2. The number of carbonyl (C=O) groups is 3. The monoisotopic (exact) mass is 287 g/mol. The molecule has 0 saturated carbocycles. The van der Waals surface area contributed by atoms with Crippen LogP contribution in [0.5, 0.6) is 0 Å². The third-order valence-corrected chi connectivity index (χ3v) is 2.59. The number of carboxylic acid groups (broad SMARTS) is 1. The van der Waals surface area contributed by atoms with Crippen LogP contribution in [0, 0.1) is 0 Å². The number of nitrogens with one attached hydrogen (secondary N) is 3. The zero-order chi connectivity index (χ0) is 15.3. The van der Waals surface area contributed by atoms with Gasteiger partial charge in [0.15, 0.2) is 0 Å². The first-order valence-corrected chi connectivity index (χ1v) is 6.40. The van der Waals surface area contributed by atoms with Gasteiger partial charge in [-0.1, -0.05) is 0 Å². The molecule has 1 fully saturated rings. The van der Waals surface area contributed by atoms with Crippen LogP contribution in [-0.4, -0.2) is 53.9 Å². The number of hydrogen-bond acceptors (Lipinski definition) is 5. The van der Waals surface area contributed by atoms with Gasteiger partial charge in [-0.05, 0) is 27.2 Å². The molecule has 8 heteroatoms. The van der Waals surface area contributed by atoms with Gasteiger partial charge in [0.2, 0.25) is 5.91 Å². The van der Waals surface area contributed by atoms with Crippen molar-refractivity contribution in [2.75, 3.05) is 13.1 Å².